The minimum absolute atomic E-state index is 0.359. The predicted molar refractivity (Wildman–Crippen MR) is 116 cm³/mol. The van der Waals surface area contributed by atoms with Crippen LogP contribution in [0.2, 0.25) is 0 Å². The lowest BCUT2D eigenvalue weighted by atomic mass is 10.1. The number of carbonyl (C=O) groups excluding carboxylic acids is 1. The Morgan fingerprint density at radius 1 is 1.24 bits per heavy atom. The molecule has 8 heteroatoms. The Labute approximate surface area is 180 Å². The second-order valence-electron chi connectivity index (χ2n) is 6.60. The normalized spacial score (nSPS) is 18.9. The van der Waals surface area contributed by atoms with Crippen molar-refractivity contribution in [1.82, 2.24) is 4.57 Å². The predicted octanol–water partition coefficient (Wildman–Crippen LogP) is 4.16. The fraction of sp³-hybridized carbons (Fsp3) is 0.333. The summed E-state index contributed by atoms with van der Waals surface area (Å²) in [5, 5.41) is 0. The van der Waals surface area contributed by atoms with Crippen LogP contribution in [0.5, 0.6) is 11.5 Å². The van der Waals surface area contributed by atoms with Gasteiger partial charge in [0, 0.05) is 17.6 Å². The zero-order valence-corrected chi connectivity index (χ0v) is 18.5. The molecule has 1 amide bonds. The summed E-state index contributed by atoms with van der Waals surface area (Å²) in [7, 11) is 0. The van der Waals surface area contributed by atoms with Crippen molar-refractivity contribution in [2.75, 3.05) is 13.2 Å². The van der Waals surface area contributed by atoms with Gasteiger partial charge in [0.1, 0.15) is 6.10 Å². The van der Waals surface area contributed by atoms with Crippen LogP contribution in [0, 0.1) is 0 Å². The van der Waals surface area contributed by atoms with Crippen LogP contribution in [-0.4, -0.2) is 35.9 Å². The molecule has 3 aromatic rings. The van der Waals surface area contributed by atoms with Crippen LogP contribution in [-0.2, 0) is 16.1 Å². The van der Waals surface area contributed by atoms with E-state index in [0.717, 1.165) is 14.7 Å². The number of hydrogen-bond donors (Lipinski definition) is 0. The molecule has 6 nitrogen and oxygen atoms in total. The van der Waals surface area contributed by atoms with Crippen molar-refractivity contribution in [3.63, 3.8) is 0 Å². The van der Waals surface area contributed by atoms with Crippen molar-refractivity contribution in [3.05, 3.63) is 51.7 Å². The molecule has 2 heterocycles. The maximum absolute atomic E-state index is 13.0. The van der Waals surface area contributed by atoms with Crippen LogP contribution < -0.4 is 14.3 Å². The first kappa shape index (κ1) is 20.1. The molecular formula is C21H21BrN2O4S. The second kappa shape index (κ2) is 8.69. The number of aromatic nitrogens is 1. The molecule has 1 aliphatic rings. The molecule has 1 aliphatic heterocycles. The highest BCUT2D eigenvalue weighted by Gasteiger charge is 2.34. The first-order valence-corrected chi connectivity index (χ1v) is 11.1. The molecule has 2 aromatic carbocycles. The van der Waals surface area contributed by atoms with E-state index in [2.05, 4.69) is 20.9 Å². The first-order valence-electron chi connectivity index (χ1n) is 9.44. The van der Waals surface area contributed by atoms with Crippen LogP contribution in [0.1, 0.15) is 13.8 Å². The zero-order chi connectivity index (χ0) is 20.4. The van der Waals surface area contributed by atoms with Crippen molar-refractivity contribution in [2.45, 2.75) is 32.6 Å². The van der Waals surface area contributed by atoms with Crippen molar-refractivity contribution in [3.8, 4) is 11.5 Å². The largest absolute Gasteiger partial charge is 0.482 e. The fourth-order valence-corrected chi connectivity index (χ4v) is 4.81. The lowest BCUT2D eigenvalue weighted by Gasteiger charge is -2.29. The minimum atomic E-state index is -0.790. The molecule has 152 valence electrons. The molecule has 29 heavy (non-hydrogen) atoms. The van der Waals surface area contributed by atoms with Crippen molar-refractivity contribution >= 4 is 43.4 Å². The molecule has 0 radical (unpaired) electrons. The molecule has 2 atom stereocenters. The first-order chi connectivity index (χ1) is 14.1. The van der Waals surface area contributed by atoms with E-state index < -0.39 is 12.2 Å². The highest BCUT2D eigenvalue weighted by atomic mass is 79.9. The topological polar surface area (TPSA) is 62.1 Å². The second-order valence-corrected chi connectivity index (χ2v) is 8.53. The summed E-state index contributed by atoms with van der Waals surface area (Å²) in [5.41, 5.74) is 1.02. The van der Waals surface area contributed by atoms with E-state index in [1.54, 1.807) is 6.07 Å². The van der Waals surface area contributed by atoms with Crippen LogP contribution in [0.3, 0.4) is 0 Å². The quantitative estimate of drug-likeness (QED) is 0.518. The summed E-state index contributed by atoms with van der Waals surface area (Å²) in [6.07, 6.45) is -1.22. The lowest BCUT2D eigenvalue weighted by Crippen LogP contribution is -2.43. The van der Waals surface area contributed by atoms with Gasteiger partial charge in [0.25, 0.3) is 5.91 Å². The smallest absolute Gasteiger partial charge is 0.293 e. The van der Waals surface area contributed by atoms with E-state index in [4.69, 9.17) is 14.2 Å². The summed E-state index contributed by atoms with van der Waals surface area (Å²) in [4.78, 5) is 18.0. The Balaban J connectivity index is 1.69. The SMILES string of the molecule is CCOCCn1c(=NC(=O)C2Oc3ccccc3OC2C)sc2cc(Br)ccc21. The molecule has 0 bridgehead atoms. The van der Waals surface area contributed by atoms with E-state index in [-0.39, 0.29) is 5.91 Å². The average molecular weight is 477 g/mol. The van der Waals surface area contributed by atoms with E-state index in [1.165, 1.54) is 11.3 Å². The van der Waals surface area contributed by atoms with Crippen LogP contribution in [0.4, 0.5) is 0 Å². The number of carbonyl (C=O) groups is 1. The molecular weight excluding hydrogens is 456 g/mol. The maximum atomic E-state index is 13.0. The van der Waals surface area contributed by atoms with Crippen molar-refractivity contribution < 1.29 is 19.0 Å². The summed E-state index contributed by atoms with van der Waals surface area (Å²) in [6.45, 7) is 5.58. The van der Waals surface area contributed by atoms with Gasteiger partial charge in [-0.15, -0.1) is 0 Å². The molecule has 4 rings (SSSR count). The Morgan fingerprint density at radius 2 is 2.00 bits per heavy atom. The Kier molecular flexibility index (Phi) is 6.03. The van der Waals surface area contributed by atoms with E-state index in [9.17, 15) is 4.79 Å². The van der Waals surface area contributed by atoms with Crippen LogP contribution in [0.25, 0.3) is 10.2 Å². The number of fused-ring (bicyclic) bond motifs is 2. The number of thiazole rings is 1. The number of rotatable bonds is 5. The third-order valence-corrected chi connectivity index (χ3v) is 6.13. The Bertz CT molecular complexity index is 1110. The van der Waals surface area contributed by atoms with Gasteiger partial charge in [0.05, 0.1) is 16.8 Å². The van der Waals surface area contributed by atoms with Crippen LogP contribution >= 0.6 is 27.3 Å². The zero-order valence-electron chi connectivity index (χ0n) is 16.1. The van der Waals surface area contributed by atoms with Gasteiger partial charge in [-0.25, -0.2) is 0 Å². The number of benzene rings is 2. The van der Waals surface area contributed by atoms with E-state index in [0.29, 0.717) is 36.1 Å². The van der Waals surface area contributed by atoms with Gasteiger partial charge < -0.3 is 18.8 Å². The van der Waals surface area contributed by atoms with Crippen LogP contribution in [0.15, 0.2) is 51.9 Å². The monoisotopic (exact) mass is 476 g/mol. The highest BCUT2D eigenvalue weighted by molar-refractivity contribution is 9.10. The maximum Gasteiger partial charge on any atom is 0.293 e. The summed E-state index contributed by atoms with van der Waals surface area (Å²) < 4.78 is 21.3. The minimum Gasteiger partial charge on any atom is -0.482 e. The van der Waals surface area contributed by atoms with Gasteiger partial charge in [0.2, 0.25) is 6.10 Å². The number of nitrogens with zero attached hydrogens (tertiary/aromatic N) is 2. The third kappa shape index (κ3) is 4.24. The van der Waals surface area contributed by atoms with Crippen molar-refractivity contribution in [1.29, 1.82) is 0 Å². The standard InChI is InChI=1S/C21H21BrN2O4S/c1-3-26-11-10-24-15-9-8-14(22)12-18(15)29-21(24)23-20(25)19-13(2)27-16-6-4-5-7-17(16)28-19/h4-9,12-13,19H,3,10-11H2,1-2H3. The molecule has 0 spiro atoms. The molecule has 0 saturated carbocycles. The van der Waals surface area contributed by atoms with Gasteiger partial charge in [-0.2, -0.15) is 4.99 Å². The number of ether oxygens (including phenoxy) is 3. The summed E-state index contributed by atoms with van der Waals surface area (Å²) in [6, 6.07) is 13.4. The summed E-state index contributed by atoms with van der Waals surface area (Å²) in [5.74, 6) is 0.842. The Hall–Kier alpha value is -2.16. The van der Waals surface area contributed by atoms with Gasteiger partial charge in [-0.3, -0.25) is 4.79 Å². The number of para-hydroxylation sites is 2. The number of halogens is 1. The van der Waals surface area contributed by atoms with E-state index in [1.807, 2.05) is 54.8 Å². The van der Waals surface area contributed by atoms with Crippen molar-refractivity contribution in [2.24, 2.45) is 4.99 Å². The molecule has 0 fully saturated rings. The molecule has 1 aromatic heterocycles. The summed E-state index contributed by atoms with van der Waals surface area (Å²) >= 11 is 4.97. The average Bonchev–Trinajstić information content (AvgIpc) is 3.03. The van der Waals surface area contributed by atoms with Gasteiger partial charge >= 0.3 is 0 Å². The molecule has 2 unspecified atom stereocenters. The van der Waals surface area contributed by atoms with Gasteiger partial charge in [-0.1, -0.05) is 39.4 Å². The molecule has 0 aliphatic carbocycles. The van der Waals surface area contributed by atoms with E-state index >= 15 is 0 Å². The number of hydrogen-bond acceptors (Lipinski definition) is 5. The highest BCUT2D eigenvalue weighted by Crippen LogP contribution is 2.33. The molecule has 0 N–H and O–H groups in total. The third-order valence-electron chi connectivity index (χ3n) is 4.60. The van der Waals surface area contributed by atoms with Gasteiger partial charge in [0.15, 0.2) is 16.3 Å². The number of amides is 1. The molecule has 0 saturated heterocycles. The Morgan fingerprint density at radius 3 is 2.76 bits per heavy atom. The lowest BCUT2D eigenvalue weighted by molar-refractivity contribution is -0.130. The van der Waals surface area contributed by atoms with Gasteiger partial charge in [-0.05, 0) is 44.2 Å². The fourth-order valence-electron chi connectivity index (χ4n) is 3.20.